The third-order valence-electron chi connectivity index (χ3n) is 5.92. The summed E-state index contributed by atoms with van der Waals surface area (Å²) >= 11 is 7.25. The smallest absolute Gasteiger partial charge is 0.410 e. The van der Waals surface area contributed by atoms with Crippen LogP contribution < -0.4 is 27.8 Å². The van der Waals surface area contributed by atoms with E-state index in [1.165, 1.54) is 23.3 Å². The van der Waals surface area contributed by atoms with Crippen LogP contribution in [0, 0.1) is 0 Å². The van der Waals surface area contributed by atoms with Gasteiger partial charge in [-0.3, -0.25) is 19.5 Å². The Bertz CT molecular complexity index is 1160. The van der Waals surface area contributed by atoms with Gasteiger partial charge in [-0.25, -0.2) is 9.78 Å². The number of guanidine groups is 1. The van der Waals surface area contributed by atoms with E-state index in [2.05, 4.69) is 20.6 Å². The zero-order valence-corrected chi connectivity index (χ0v) is 22.6. The number of carbonyl (C=O) groups excluding carboxylic acids is 3. The summed E-state index contributed by atoms with van der Waals surface area (Å²) in [6.45, 7) is 0.808. The van der Waals surface area contributed by atoms with Gasteiger partial charge in [0.25, 0.3) is 5.91 Å². The lowest BCUT2D eigenvalue weighted by Gasteiger charge is -2.22. The van der Waals surface area contributed by atoms with Crippen LogP contribution in [0.1, 0.15) is 52.8 Å². The number of hydrogen-bond donors (Lipinski definition) is 5. The van der Waals surface area contributed by atoms with E-state index in [1.807, 2.05) is 6.07 Å². The SMILES string of the molecule is CNC(=O)[C@H](CCCCN=C(N)N)NC(=O)c1csc([C@@H]2C[C@H](N)CN2C(=O)OCc2cccc(Cl)c2)n1. The summed E-state index contributed by atoms with van der Waals surface area (Å²) in [5.74, 6) is -0.787. The maximum absolute atomic E-state index is 12.9. The summed E-state index contributed by atoms with van der Waals surface area (Å²) in [4.78, 5) is 48.0. The minimum atomic E-state index is -0.741. The van der Waals surface area contributed by atoms with Crippen molar-refractivity contribution < 1.29 is 19.1 Å². The number of nitrogens with zero attached hydrogens (tertiary/aromatic N) is 3. The number of rotatable bonds is 11. The molecule has 1 aliphatic rings. The number of ether oxygens (including phenoxy) is 1. The minimum absolute atomic E-state index is 0.0108. The first-order valence-electron chi connectivity index (χ1n) is 12.1. The topological polar surface area (TPSA) is 191 Å². The summed E-state index contributed by atoms with van der Waals surface area (Å²) in [6.07, 6.45) is 1.66. The number of nitrogens with one attached hydrogen (secondary N) is 2. The molecule has 0 spiro atoms. The molecule has 3 atom stereocenters. The van der Waals surface area contributed by atoms with E-state index < -0.39 is 24.1 Å². The van der Waals surface area contributed by atoms with Crippen LogP contribution in [-0.4, -0.2) is 66.0 Å². The molecule has 0 aliphatic carbocycles. The van der Waals surface area contributed by atoms with Crippen LogP contribution in [0.3, 0.4) is 0 Å². The van der Waals surface area contributed by atoms with Crippen molar-refractivity contribution >= 4 is 46.8 Å². The summed E-state index contributed by atoms with van der Waals surface area (Å²) < 4.78 is 5.48. The van der Waals surface area contributed by atoms with Gasteiger partial charge < -0.3 is 32.6 Å². The van der Waals surface area contributed by atoms with Gasteiger partial charge in [0.05, 0.1) is 6.04 Å². The molecule has 14 heteroatoms. The molecular formula is C24H33ClN8O4S. The van der Waals surface area contributed by atoms with Gasteiger partial charge in [-0.2, -0.15) is 0 Å². The Hall–Kier alpha value is -3.42. The third-order valence-corrected chi connectivity index (χ3v) is 7.10. The van der Waals surface area contributed by atoms with Crippen LogP contribution in [0.4, 0.5) is 4.79 Å². The second kappa shape index (κ2) is 13.9. The molecule has 12 nitrogen and oxygen atoms in total. The third kappa shape index (κ3) is 8.30. The molecular weight excluding hydrogens is 532 g/mol. The Balaban J connectivity index is 1.61. The van der Waals surface area contributed by atoms with Crippen molar-refractivity contribution in [3.05, 3.63) is 50.9 Å². The normalized spacial score (nSPS) is 17.5. The molecule has 3 rings (SSSR count). The standard InChI is InChI=1S/C24H33ClN8O4S/c1-29-20(34)17(7-2-3-8-30-23(27)28)31-21(35)18-13-38-22(32-18)19-10-16(26)11-33(19)24(36)37-12-14-5-4-6-15(25)9-14/h4-6,9,13,16-17,19H,2-3,7-8,10-12,26H2,1H3,(H,29,34)(H,31,35)(H4,27,28,30)/t16-,17-,19-/m0/s1. The molecule has 1 aromatic carbocycles. The molecule has 1 aromatic heterocycles. The molecule has 8 N–H and O–H groups in total. The molecule has 0 radical (unpaired) electrons. The van der Waals surface area contributed by atoms with Gasteiger partial charge in [-0.15, -0.1) is 11.3 Å². The molecule has 0 unspecified atom stereocenters. The van der Waals surface area contributed by atoms with Crippen molar-refractivity contribution in [2.24, 2.45) is 22.2 Å². The monoisotopic (exact) mass is 564 g/mol. The van der Waals surface area contributed by atoms with Crippen molar-refractivity contribution in [2.75, 3.05) is 20.1 Å². The van der Waals surface area contributed by atoms with Crippen molar-refractivity contribution in [3.63, 3.8) is 0 Å². The quantitative estimate of drug-likeness (QED) is 0.154. The number of likely N-dealkylation sites (tertiary alicyclic amines) is 1. The molecule has 206 valence electrons. The fraction of sp³-hybridized carbons (Fsp3) is 0.458. The summed E-state index contributed by atoms with van der Waals surface area (Å²) in [5, 5.41) is 8.02. The van der Waals surface area contributed by atoms with Gasteiger partial charge in [0.15, 0.2) is 5.96 Å². The van der Waals surface area contributed by atoms with Crippen LogP contribution in [0.25, 0.3) is 0 Å². The first-order valence-corrected chi connectivity index (χ1v) is 13.4. The number of thiazole rings is 1. The zero-order chi connectivity index (χ0) is 27.7. The Morgan fingerprint density at radius 2 is 2.11 bits per heavy atom. The van der Waals surface area contributed by atoms with Crippen LogP contribution in [0.5, 0.6) is 0 Å². The second-order valence-electron chi connectivity index (χ2n) is 8.86. The lowest BCUT2D eigenvalue weighted by molar-refractivity contribution is -0.122. The fourth-order valence-corrected chi connectivity index (χ4v) is 5.18. The molecule has 0 bridgehead atoms. The van der Waals surface area contributed by atoms with Gasteiger partial charge in [0, 0.05) is 36.6 Å². The molecule has 2 heterocycles. The number of nitrogens with two attached hydrogens (primary N) is 3. The highest BCUT2D eigenvalue weighted by atomic mass is 35.5. The van der Waals surface area contributed by atoms with Gasteiger partial charge in [0.2, 0.25) is 5.91 Å². The molecule has 38 heavy (non-hydrogen) atoms. The number of hydrogen-bond acceptors (Lipinski definition) is 8. The van der Waals surface area contributed by atoms with E-state index in [4.69, 9.17) is 33.5 Å². The first-order chi connectivity index (χ1) is 18.2. The Morgan fingerprint density at radius 1 is 1.32 bits per heavy atom. The van der Waals surface area contributed by atoms with Crippen molar-refractivity contribution in [1.29, 1.82) is 0 Å². The number of halogens is 1. The summed E-state index contributed by atoms with van der Waals surface area (Å²) in [6, 6.07) is 5.64. The Morgan fingerprint density at radius 3 is 2.82 bits per heavy atom. The zero-order valence-electron chi connectivity index (χ0n) is 21.1. The second-order valence-corrected chi connectivity index (χ2v) is 10.2. The largest absolute Gasteiger partial charge is 0.445 e. The highest BCUT2D eigenvalue weighted by Crippen LogP contribution is 2.34. The lowest BCUT2D eigenvalue weighted by atomic mass is 10.1. The van der Waals surface area contributed by atoms with E-state index in [0.717, 1.165) is 5.56 Å². The number of unbranched alkanes of at least 4 members (excludes halogenated alkanes) is 1. The van der Waals surface area contributed by atoms with Gasteiger partial charge in [-0.1, -0.05) is 23.7 Å². The predicted molar refractivity (Wildman–Crippen MR) is 146 cm³/mol. The fourth-order valence-electron chi connectivity index (χ4n) is 4.05. The number of carbonyl (C=O) groups is 3. The average molecular weight is 565 g/mol. The summed E-state index contributed by atoms with van der Waals surface area (Å²) in [7, 11) is 1.51. The Kier molecular flexibility index (Phi) is 10.7. The number of benzene rings is 1. The average Bonchev–Trinajstić information content (AvgIpc) is 3.52. The van der Waals surface area contributed by atoms with Crippen LogP contribution in [-0.2, 0) is 16.1 Å². The summed E-state index contributed by atoms with van der Waals surface area (Å²) in [5.41, 5.74) is 17.7. The van der Waals surface area contributed by atoms with Gasteiger partial charge in [-0.05, 0) is 43.4 Å². The van der Waals surface area contributed by atoms with E-state index in [1.54, 1.807) is 23.6 Å². The predicted octanol–water partition coefficient (Wildman–Crippen LogP) is 1.50. The van der Waals surface area contributed by atoms with Crippen LogP contribution in [0.2, 0.25) is 5.02 Å². The molecule has 3 amide bonds. The van der Waals surface area contributed by atoms with E-state index in [9.17, 15) is 14.4 Å². The highest BCUT2D eigenvalue weighted by molar-refractivity contribution is 7.09. The highest BCUT2D eigenvalue weighted by Gasteiger charge is 2.37. The van der Waals surface area contributed by atoms with Crippen LogP contribution >= 0.6 is 22.9 Å². The van der Waals surface area contributed by atoms with Gasteiger partial charge >= 0.3 is 6.09 Å². The minimum Gasteiger partial charge on any atom is -0.445 e. The van der Waals surface area contributed by atoms with E-state index >= 15 is 0 Å². The molecule has 1 fully saturated rings. The molecule has 2 aromatic rings. The first kappa shape index (κ1) is 29.1. The van der Waals surface area contributed by atoms with Crippen molar-refractivity contribution in [1.82, 2.24) is 20.5 Å². The maximum atomic E-state index is 12.9. The van der Waals surface area contributed by atoms with Crippen molar-refractivity contribution in [3.8, 4) is 0 Å². The van der Waals surface area contributed by atoms with Crippen molar-refractivity contribution in [2.45, 2.75) is 50.4 Å². The van der Waals surface area contributed by atoms with E-state index in [-0.39, 0.29) is 30.2 Å². The van der Waals surface area contributed by atoms with E-state index in [0.29, 0.717) is 48.8 Å². The van der Waals surface area contributed by atoms with Gasteiger partial charge in [0.1, 0.15) is 23.4 Å². The lowest BCUT2D eigenvalue weighted by Crippen LogP contribution is -2.45. The molecule has 1 aliphatic heterocycles. The van der Waals surface area contributed by atoms with Crippen LogP contribution in [0.15, 0.2) is 34.6 Å². The molecule has 1 saturated heterocycles. The Labute approximate surface area is 229 Å². The number of aliphatic imine (C=N–C) groups is 1. The molecule has 0 saturated carbocycles. The number of likely N-dealkylation sites (N-methyl/N-ethyl adjacent to an activating group) is 1. The number of amides is 3. The number of aromatic nitrogens is 1. The maximum Gasteiger partial charge on any atom is 0.410 e.